The molecule has 0 amide bonds. The van der Waals surface area contributed by atoms with Crippen LogP contribution >= 0.6 is 0 Å². The molecule has 0 radical (unpaired) electrons. The third-order valence-electron chi connectivity index (χ3n) is 3.90. The predicted molar refractivity (Wildman–Crippen MR) is 89.0 cm³/mol. The van der Waals surface area contributed by atoms with Crippen molar-refractivity contribution in [1.82, 2.24) is 4.57 Å². The number of hydrogen-bond acceptors (Lipinski definition) is 2. The molecule has 0 saturated heterocycles. The molecule has 0 atom stereocenters. The molecule has 108 valence electrons. The number of hydrogen-bond donors (Lipinski definition) is 1. The maximum Gasteiger partial charge on any atom is 0.115 e. The second kappa shape index (κ2) is 5.42. The zero-order chi connectivity index (χ0) is 15.7. The van der Waals surface area contributed by atoms with E-state index in [9.17, 15) is 10.4 Å². The molecule has 0 saturated carbocycles. The third kappa shape index (κ3) is 2.06. The number of nitrogens with zero attached hydrogens (tertiary/aromatic N) is 2. The first-order valence-electron chi connectivity index (χ1n) is 7.13. The highest BCUT2D eigenvalue weighted by atomic mass is 16.3. The Balaban J connectivity index is 2.47. The van der Waals surface area contributed by atoms with Crippen LogP contribution in [0.5, 0.6) is 5.75 Å². The van der Waals surface area contributed by atoms with E-state index in [-0.39, 0.29) is 5.75 Å². The van der Waals surface area contributed by atoms with Gasteiger partial charge in [0, 0.05) is 11.1 Å². The summed E-state index contributed by atoms with van der Waals surface area (Å²) in [5.74, 6) is 0.227. The molecule has 3 rings (SSSR count). The van der Waals surface area contributed by atoms with Gasteiger partial charge in [0.25, 0.3) is 0 Å². The number of phenols is 1. The second-order valence-electron chi connectivity index (χ2n) is 5.18. The SMILES string of the molecule is C/C=C(\C)c1c(C#N)c2ccccc2n1-c1ccc(O)cc1. The van der Waals surface area contributed by atoms with E-state index >= 15 is 0 Å². The molecule has 3 aromatic rings. The summed E-state index contributed by atoms with van der Waals surface area (Å²) in [4.78, 5) is 0. The first-order valence-corrected chi connectivity index (χ1v) is 7.13. The number of allylic oxidation sites excluding steroid dienone is 2. The van der Waals surface area contributed by atoms with E-state index in [0.717, 1.165) is 27.9 Å². The molecule has 2 aromatic carbocycles. The van der Waals surface area contributed by atoms with E-state index in [1.165, 1.54) is 0 Å². The number of rotatable bonds is 2. The summed E-state index contributed by atoms with van der Waals surface area (Å²) in [5, 5.41) is 20.1. The molecule has 22 heavy (non-hydrogen) atoms. The van der Waals surface area contributed by atoms with Crippen molar-refractivity contribution in [3.8, 4) is 17.5 Å². The molecular weight excluding hydrogens is 272 g/mol. The molecule has 3 nitrogen and oxygen atoms in total. The van der Waals surface area contributed by atoms with Crippen LogP contribution in [0, 0.1) is 11.3 Å². The van der Waals surface area contributed by atoms with Crippen LogP contribution in [-0.4, -0.2) is 9.67 Å². The van der Waals surface area contributed by atoms with Crippen LogP contribution < -0.4 is 0 Å². The lowest BCUT2D eigenvalue weighted by Crippen LogP contribution is -1.99. The van der Waals surface area contributed by atoms with Crippen LogP contribution in [-0.2, 0) is 0 Å². The lowest BCUT2D eigenvalue weighted by atomic mass is 10.1. The molecule has 0 unspecified atom stereocenters. The van der Waals surface area contributed by atoms with Crippen molar-refractivity contribution >= 4 is 16.5 Å². The number of benzene rings is 2. The molecule has 3 heteroatoms. The molecule has 1 N–H and O–H groups in total. The number of phenolic OH excluding ortho intramolecular Hbond substituents is 1. The van der Waals surface area contributed by atoms with Crippen molar-refractivity contribution in [3.63, 3.8) is 0 Å². The summed E-state index contributed by atoms with van der Waals surface area (Å²) in [5.41, 5.74) is 4.53. The van der Waals surface area contributed by atoms with Gasteiger partial charge in [-0.1, -0.05) is 24.3 Å². The van der Waals surface area contributed by atoms with E-state index in [4.69, 9.17) is 0 Å². The average Bonchev–Trinajstić information content (AvgIpc) is 2.89. The zero-order valence-corrected chi connectivity index (χ0v) is 12.5. The number of para-hydroxylation sites is 1. The monoisotopic (exact) mass is 288 g/mol. The maximum absolute atomic E-state index is 9.63. The minimum absolute atomic E-state index is 0.227. The third-order valence-corrected chi connectivity index (χ3v) is 3.90. The quantitative estimate of drug-likeness (QED) is 0.747. The van der Waals surface area contributed by atoms with E-state index in [1.807, 2.05) is 56.3 Å². The van der Waals surface area contributed by atoms with Gasteiger partial charge < -0.3 is 9.67 Å². The topological polar surface area (TPSA) is 49.0 Å². The highest BCUT2D eigenvalue weighted by Gasteiger charge is 2.18. The van der Waals surface area contributed by atoms with Gasteiger partial charge in [0.2, 0.25) is 0 Å². The van der Waals surface area contributed by atoms with Crippen molar-refractivity contribution in [3.05, 3.63) is 65.9 Å². The van der Waals surface area contributed by atoms with E-state index in [2.05, 4.69) is 10.6 Å². The first kappa shape index (κ1) is 14.0. The van der Waals surface area contributed by atoms with Gasteiger partial charge in [-0.15, -0.1) is 0 Å². The highest BCUT2D eigenvalue weighted by Crippen LogP contribution is 2.33. The normalized spacial score (nSPS) is 11.6. The summed E-state index contributed by atoms with van der Waals surface area (Å²) in [6, 6.07) is 17.3. The van der Waals surface area contributed by atoms with Gasteiger partial charge in [-0.25, -0.2) is 0 Å². The van der Waals surface area contributed by atoms with Crippen LogP contribution in [0.15, 0.2) is 54.6 Å². The smallest absolute Gasteiger partial charge is 0.115 e. The Morgan fingerprint density at radius 1 is 1.14 bits per heavy atom. The predicted octanol–water partition coefficient (Wildman–Crippen LogP) is 4.63. The summed E-state index contributed by atoms with van der Waals surface area (Å²) in [6.07, 6.45) is 2.01. The lowest BCUT2D eigenvalue weighted by molar-refractivity contribution is 0.475. The van der Waals surface area contributed by atoms with Crippen molar-refractivity contribution < 1.29 is 5.11 Å². The lowest BCUT2D eigenvalue weighted by Gasteiger charge is -2.11. The molecule has 0 fully saturated rings. The van der Waals surface area contributed by atoms with Gasteiger partial charge in [-0.2, -0.15) is 5.26 Å². The van der Waals surface area contributed by atoms with Crippen LogP contribution in [0.25, 0.3) is 22.2 Å². The zero-order valence-electron chi connectivity index (χ0n) is 12.5. The summed E-state index contributed by atoms with van der Waals surface area (Å²) >= 11 is 0. The number of aromatic nitrogens is 1. The van der Waals surface area contributed by atoms with Gasteiger partial charge in [-0.05, 0) is 49.8 Å². The van der Waals surface area contributed by atoms with Gasteiger partial charge in [0.15, 0.2) is 0 Å². The Morgan fingerprint density at radius 2 is 1.82 bits per heavy atom. The highest BCUT2D eigenvalue weighted by molar-refractivity contribution is 5.94. The fourth-order valence-corrected chi connectivity index (χ4v) is 2.73. The minimum atomic E-state index is 0.227. The fraction of sp³-hybridized carbons (Fsp3) is 0.105. The van der Waals surface area contributed by atoms with Crippen molar-refractivity contribution in [1.29, 1.82) is 5.26 Å². The molecule has 0 aliphatic carbocycles. The van der Waals surface area contributed by atoms with Crippen molar-refractivity contribution in [2.24, 2.45) is 0 Å². The fourth-order valence-electron chi connectivity index (χ4n) is 2.73. The number of aromatic hydroxyl groups is 1. The summed E-state index contributed by atoms with van der Waals surface area (Å²) in [6.45, 7) is 3.97. The van der Waals surface area contributed by atoms with Crippen molar-refractivity contribution in [2.45, 2.75) is 13.8 Å². The van der Waals surface area contributed by atoms with Gasteiger partial charge in [0.1, 0.15) is 11.8 Å². The molecule has 0 aliphatic rings. The van der Waals surface area contributed by atoms with E-state index in [0.29, 0.717) is 5.56 Å². The molecule has 1 heterocycles. The largest absolute Gasteiger partial charge is 0.508 e. The molecule has 0 bridgehead atoms. The van der Waals surface area contributed by atoms with Gasteiger partial charge in [-0.3, -0.25) is 0 Å². The summed E-state index contributed by atoms with van der Waals surface area (Å²) < 4.78 is 2.07. The standard InChI is InChI=1S/C19H16N2O/c1-3-13(2)19-17(12-20)16-6-4-5-7-18(16)21(19)14-8-10-15(22)11-9-14/h3-11,22H,1-2H3/b13-3+. The molecule has 0 aliphatic heterocycles. The van der Waals surface area contributed by atoms with Crippen molar-refractivity contribution in [2.75, 3.05) is 0 Å². The molecule has 1 aromatic heterocycles. The molecule has 0 spiro atoms. The Kier molecular flexibility index (Phi) is 3.44. The Morgan fingerprint density at radius 3 is 2.45 bits per heavy atom. The van der Waals surface area contributed by atoms with Crippen LogP contribution in [0.1, 0.15) is 25.1 Å². The van der Waals surface area contributed by atoms with Gasteiger partial charge >= 0.3 is 0 Å². The Bertz CT molecular complexity index is 909. The van der Waals surface area contributed by atoms with Crippen LogP contribution in [0.2, 0.25) is 0 Å². The van der Waals surface area contributed by atoms with Gasteiger partial charge in [0.05, 0.1) is 16.8 Å². The Labute approximate surface area is 129 Å². The second-order valence-corrected chi connectivity index (χ2v) is 5.18. The number of fused-ring (bicyclic) bond motifs is 1. The van der Waals surface area contributed by atoms with Crippen LogP contribution in [0.4, 0.5) is 0 Å². The minimum Gasteiger partial charge on any atom is -0.508 e. The first-order chi connectivity index (χ1) is 10.7. The maximum atomic E-state index is 9.63. The summed E-state index contributed by atoms with van der Waals surface area (Å²) in [7, 11) is 0. The number of nitriles is 1. The molecular formula is C19H16N2O. The Hall–Kier alpha value is -2.99. The average molecular weight is 288 g/mol. The van der Waals surface area contributed by atoms with E-state index < -0.39 is 0 Å². The van der Waals surface area contributed by atoms with Crippen LogP contribution in [0.3, 0.4) is 0 Å². The van der Waals surface area contributed by atoms with E-state index in [1.54, 1.807) is 12.1 Å².